The number of nitrogens with zero attached hydrogens (tertiary/aromatic N) is 5. The molecule has 0 amide bonds. The predicted molar refractivity (Wildman–Crippen MR) is 127 cm³/mol. The van der Waals surface area contributed by atoms with E-state index in [9.17, 15) is 0 Å². The van der Waals surface area contributed by atoms with Gasteiger partial charge in [0.25, 0.3) is 0 Å². The number of nitrogens with one attached hydrogen (secondary N) is 2. The van der Waals surface area contributed by atoms with Crippen LogP contribution < -0.4 is 10.2 Å². The van der Waals surface area contributed by atoms with Crippen LogP contribution in [0.4, 0.5) is 21.8 Å². The van der Waals surface area contributed by atoms with Crippen LogP contribution in [0.2, 0.25) is 0 Å². The van der Waals surface area contributed by atoms with Gasteiger partial charge in [0.2, 0.25) is 5.82 Å². The van der Waals surface area contributed by atoms with Crippen molar-refractivity contribution in [1.82, 2.24) is 25.1 Å². The van der Waals surface area contributed by atoms with Gasteiger partial charge in [-0.25, -0.2) is 9.97 Å². The lowest BCUT2D eigenvalue weighted by Gasteiger charge is -2.50. The lowest BCUT2D eigenvalue weighted by molar-refractivity contribution is -0.131. The highest BCUT2D eigenvalue weighted by molar-refractivity contribution is 5.59. The minimum Gasteiger partial charge on any atom is -0.377 e. The number of aromatic nitrogens is 4. The summed E-state index contributed by atoms with van der Waals surface area (Å²) in [6.07, 6.45) is 7.45. The van der Waals surface area contributed by atoms with Gasteiger partial charge >= 0.3 is 0 Å². The van der Waals surface area contributed by atoms with Crippen molar-refractivity contribution in [3.63, 3.8) is 0 Å². The average molecular weight is 468 g/mol. The molecule has 182 valence electrons. The van der Waals surface area contributed by atoms with Crippen molar-refractivity contribution in [3.05, 3.63) is 23.4 Å². The van der Waals surface area contributed by atoms with Crippen LogP contribution in [0.25, 0.3) is 0 Å². The van der Waals surface area contributed by atoms with Crippen LogP contribution in [-0.4, -0.2) is 70.0 Å². The average Bonchev–Trinajstić information content (AvgIpc) is 3.22. The van der Waals surface area contributed by atoms with Gasteiger partial charge in [-0.3, -0.25) is 10.00 Å². The molecule has 4 heterocycles. The largest absolute Gasteiger partial charge is 0.377 e. The van der Waals surface area contributed by atoms with Crippen molar-refractivity contribution in [2.45, 2.75) is 62.8 Å². The van der Waals surface area contributed by atoms with Gasteiger partial charge < -0.3 is 15.0 Å². The fourth-order valence-corrected chi connectivity index (χ4v) is 6.64. The number of rotatable bonds is 6. The molecule has 2 N–H and O–H groups in total. The van der Waals surface area contributed by atoms with E-state index in [0.29, 0.717) is 23.5 Å². The van der Waals surface area contributed by atoms with Gasteiger partial charge in [0, 0.05) is 49.8 Å². The second-order valence-electron chi connectivity index (χ2n) is 11.4. The lowest BCUT2D eigenvalue weighted by atomic mass is 9.86. The van der Waals surface area contributed by atoms with E-state index in [0.717, 1.165) is 69.9 Å². The molecule has 3 unspecified atom stereocenters. The van der Waals surface area contributed by atoms with Crippen LogP contribution in [0.5, 0.6) is 0 Å². The van der Waals surface area contributed by atoms with Crippen molar-refractivity contribution < 1.29 is 9.13 Å². The molecule has 8 nitrogen and oxygen atoms in total. The monoisotopic (exact) mass is 467 g/mol. The molecule has 5 fully saturated rings. The topological polar surface area (TPSA) is 82.2 Å². The molecule has 3 atom stereocenters. The summed E-state index contributed by atoms with van der Waals surface area (Å²) >= 11 is 0. The second kappa shape index (κ2) is 7.88. The Morgan fingerprint density at radius 1 is 1.09 bits per heavy atom. The minimum atomic E-state index is -0.375. The highest BCUT2D eigenvalue weighted by Crippen LogP contribution is 2.52. The number of anilines is 3. The summed E-state index contributed by atoms with van der Waals surface area (Å²) in [5, 5.41) is 10.9. The summed E-state index contributed by atoms with van der Waals surface area (Å²) in [4.78, 5) is 13.9. The van der Waals surface area contributed by atoms with E-state index < -0.39 is 0 Å². The van der Waals surface area contributed by atoms with E-state index in [1.165, 1.54) is 31.4 Å². The maximum absolute atomic E-state index is 15.7. The first-order valence-electron chi connectivity index (χ1n) is 13.0. The summed E-state index contributed by atoms with van der Waals surface area (Å²) in [7, 11) is 0. The molecule has 0 aromatic carbocycles. The van der Waals surface area contributed by atoms with Crippen LogP contribution in [0.3, 0.4) is 0 Å². The minimum absolute atomic E-state index is 0.124. The van der Waals surface area contributed by atoms with Crippen molar-refractivity contribution in [1.29, 1.82) is 0 Å². The zero-order chi connectivity index (χ0) is 22.9. The molecular formula is C25H34FN7O. The zero-order valence-corrected chi connectivity index (χ0v) is 19.9. The molecule has 2 aliphatic heterocycles. The van der Waals surface area contributed by atoms with Crippen molar-refractivity contribution in [2.24, 2.45) is 11.8 Å². The third-order valence-corrected chi connectivity index (χ3v) is 8.94. The van der Waals surface area contributed by atoms with Gasteiger partial charge in [0.05, 0.1) is 18.8 Å². The summed E-state index contributed by atoms with van der Waals surface area (Å²) in [5.41, 5.74) is 1.30. The number of halogens is 1. The number of ether oxygens (including phenoxy) is 1. The van der Waals surface area contributed by atoms with Gasteiger partial charge in [0.1, 0.15) is 5.82 Å². The summed E-state index contributed by atoms with van der Waals surface area (Å²) in [6, 6.07) is 2.06. The van der Waals surface area contributed by atoms with E-state index in [2.05, 4.69) is 43.3 Å². The Morgan fingerprint density at radius 3 is 2.56 bits per heavy atom. The zero-order valence-electron chi connectivity index (χ0n) is 19.9. The van der Waals surface area contributed by atoms with Crippen LogP contribution in [-0.2, 0) is 4.74 Å². The highest BCUT2D eigenvalue weighted by atomic mass is 19.1. The first kappa shape index (κ1) is 21.1. The molecule has 34 heavy (non-hydrogen) atoms. The maximum atomic E-state index is 15.7. The van der Waals surface area contributed by atoms with Crippen molar-refractivity contribution in [3.8, 4) is 0 Å². The van der Waals surface area contributed by atoms with Crippen LogP contribution in [0.1, 0.15) is 68.8 Å². The number of H-pyrrole nitrogens is 1. The summed E-state index contributed by atoms with van der Waals surface area (Å²) in [5.74, 6) is 4.26. The van der Waals surface area contributed by atoms with E-state index in [1.807, 2.05) is 0 Å². The number of piperazine rings is 1. The fourth-order valence-electron chi connectivity index (χ4n) is 6.64. The van der Waals surface area contributed by atoms with E-state index in [4.69, 9.17) is 9.72 Å². The van der Waals surface area contributed by atoms with Gasteiger partial charge in [-0.05, 0) is 50.9 Å². The molecule has 7 rings (SSSR count). The van der Waals surface area contributed by atoms with Crippen LogP contribution in [0, 0.1) is 17.7 Å². The smallest absolute Gasteiger partial charge is 0.208 e. The number of hydrogen-bond acceptors (Lipinski definition) is 7. The SMILES string of the molecule is CC1(N2CCN(c3nc(C4CC4)nc(Nc4cc(C5CC6CCC5C6)[nH]n4)c3F)CC2)COC1. The van der Waals surface area contributed by atoms with Crippen molar-refractivity contribution in [2.75, 3.05) is 49.6 Å². The Bertz CT molecular complexity index is 1070. The molecule has 2 saturated heterocycles. The van der Waals surface area contributed by atoms with Gasteiger partial charge in [-0.2, -0.15) is 9.49 Å². The predicted octanol–water partition coefficient (Wildman–Crippen LogP) is 3.77. The fraction of sp³-hybridized carbons (Fsp3) is 0.720. The molecule has 0 spiro atoms. The molecule has 2 aromatic rings. The highest BCUT2D eigenvalue weighted by Gasteiger charge is 2.42. The first-order valence-corrected chi connectivity index (χ1v) is 13.0. The number of aromatic amines is 1. The molecule has 0 radical (unpaired) electrons. The maximum Gasteiger partial charge on any atom is 0.208 e. The standard InChI is InChI=1S/C25H34FN7O/c1-25(13-34-14-25)33-8-6-32(7-9-33)24-21(26)23(28-22(29-24)16-4-5-16)27-20-12-19(30-31-20)18-11-15-2-3-17(18)10-15/h12,15-18H,2-11,13-14H2,1H3,(H2,27,28,29,30,31). The number of fused-ring (bicyclic) bond motifs is 2. The first-order chi connectivity index (χ1) is 16.6. The molecule has 2 aromatic heterocycles. The summed E-state index contributed by atoms with van der Waals surface area (Å²) < 4.78 is 21.2. The third-order valence-electron chi connectivity index (χ3n) is 8.94. The Morgan fingerprint density at radius 2 is 1.91 bits per heavy atom. The van der Waals surface area contributed by atoms with E-state index in [1.54, 1.807) is 0 Å². The van der Waals surface area contributed by atoms with E-state index >= 15 is 4.39 Å². The van der Waals surface area contributed by atoms with Gasteiger partial charge in [-0.1, -0.05) is 6.42 Å². The Kier molecular flexibility index (Phi) is 4.88. The molecular weight excluding hydrogens is 433 g/mol. The quantitative estimate of drug-likeness (QED) is 0.669. The Labute approximate surface area is 199 Å². The van der Waals surface area contributed by atoms with E-state index in [-0.39, 0.29) is 17.2 Å². The van der Waals surface area contributed by atoms with Gasteiger partial charge in [-0.15, -0.1) is 0 Å². The lowest BCUT2D eigenvalue weighted by Crippen LogP contribution is -2.64. The number of hydrogen-bond donors (Lipinski definition) is 2. The molecule has 3 saturated carbocycles. The second-order valence-corrected chi connectivity index (χ2v) is 11.4. The Hall–Kier alpha value is -2.26. The van der Waals surface area contributed by atoms with Gasteiger partial charge in [0.15, 0.2) is 17.5 Å². The molecule has 2 bridgehead atoms. The molecule has 3 aliphatic carbocycles. The normalized spacial score (nSPS) is 30.5. The van der Waals surface area contributed by atoms with Crippen LogP contribution >= 0.6 is 0 Å². The van der Waals surface area contributed by atoms with Crippen LogP contribution in [0.15, 0.2) is 6.07 Å². The Balaban J connectivity index is 1.11. The van der Waals surface area contributed by atoms with Crippen molar-refractivity contribution >= 4 is 17.5 Å². The molecule has 5 aliphatic rings. The third kappa shape index (κ3) is 3.59. The summed E-state index contributed by atoms with van der Waals surface area (Å²) in [6.45, 7) is 7.09. The molecule has 9 heteroatoms.